The first-order valence-corrected chi connectivity index (χ1v) is 9.83. The average molecular weight is 402 g/mol. The van der Waals surface area contributed by atoms with Gasteiger partial charge in [0, 0.05) is 55.2 Å². The number of benzene rings is 1. The number of amides is 2. The number of nitrogens with one attached hydrogen (secondary N) is 2. The molecule has 0 saturated carbocycles. The molecule has 1 fully saturated rings. The molecular weight excluding hydrogens is 380 g/mol. The molecule has 152 valence electrons. The van der Waals surface area contributed by atoms with Gasteiger partial charge in [-0.05, 0) is 49.2 Å². The summed E-state index contributed by atoms with van der Waals surface area (Å²) in [6.45, 7) is 1.48. The number of anilines is 3. The van der Waals surface area contributed by atoms with E-state index < -0.39 is 0 Å². The van der Waals surface area contributed by atoms with Crippen molar-refractivity contribution < 1.29 is 9.59 Å². The number of hydrogen-bond donors (Lipinski definition) is 2. The maximum absolute atomic E-state index is 12.7. The monoisotopic (exact) mass is 402 g/mol. The minimum atomic E-state index is -0.248. The summed E-state index contributed by atoms with van der Waals surface area (Å²) in [6.07, 6.45) is 8.05. The van der Waals surface area contributed by atoms with Gasteiger partial charge in [-0.1, -0.05) is 6.07 Å². The van der Waals surface area contributed by atoms with E-state index in [0.29, 0.717) is 22.9 Å². The predicted octanol–water partition coefficient (Wildman–Crippen LogP) is 2.98. The molecule has 1 aliphatic heterocycles. The number of aromatic nitrogens is 3. The molecule has 0 unspecified atom stereocenters. The van der Waals surface area contributed by atoms with E-state index in [-0.39, 0.29) is 17.7 Å². The van der Waals surface area contributed by atoms with Crippen LogP contribution in [0.2, 0.25) is 0 Å². The Hall–Kier alpha value is -3.81. The zero-order chi connectivity index (χ0) is 20.8. The number of carbonyl (C=O) groups excluding carboxylic acids is 2. The summed E-state index contributed by atoms with van der Waals surface area (Å²) >= 11 is 0. The summed E-state index contributed by atoms with van der Waals surface area (Å²) < 4.78 is 0. The average Bonchev–Trinajstić information content (AvgIpc) is 2.80. The Balaban J connectivity index is 1.33. The summed E-state index contributed by atoms with van der Waals surface area (Å²) in [7, 11) is 0. The lowest BCUT2D eigenvalue weighted by molar-refractivity contribution is -0.120. The summed E-state index contributed by atoms with van der Waals surface area (Å²) in [4.78, 5) is 39.6. The minimum Gasteiger partial charge on any atom is -0.341 e. The summed E-state index contributed by atoms with van der Waals surface area (Å²) in [5.41, 5.74) is 1.73. The molecule has 0 spiro atoms. The Labute approximate surface area is 174 Å². The number of nitrogens with zero attached hydrogens (tertiary/aromatic N) is 4. The maximum Gasteiger partial charge on any atom is 0.257 e. The zero-order valence-electron chi connectivity index (χ0n) is 16.4. The van der Waals surface area contributed by atoms with Crippen molar-refractivity contribution >= 4 is 29.1 Å². The van der Waals surface area contributed by atoms with Crippen molar-refractivity contribution in [2.24, 2.45) is 5.92 Å². The fourth-order valence-electron chi connectivity index (χ4n) is 3.42. The third-order valence-electron chi connectivity index (χ3n) is 5.01. The molecule has 2 amide bonds. The van der Waals surface area contributed by atoms with Crippen molar-refractivity contribution in [3.63, 3.8) is 0 Å². The molecule has 4 rings (SSSR count). The van der Waals surface area contributed by atoms with Crippen molar-refractivity contribution in [1.82, 2.24) is 15.0 Å². The molecule has 8 nitrogen and oxygen atoms in total. The molecule has 2 aromatic heterocycles. The van der Waals surface area contributed by atoms with Gasteiger partial charge in [0.05, 0.1) is 5.56 Å². The van der Waals surface area contributed by atoms with E-state index in [9.17, 15) is 9.59 Å². The topological polar surface area (TPSA) is 100 Å². The van der Waals surface area contributed by atoms with E-state index in [1.165, 1.54) is 6.20 Å². The summed E-state index contributed by atoms with van der Waals surface area (Å²) in [5.74, 6) is 0.369. The molecule has 3 aromatic rings. The van der Waals surface area contributed by atoms with Crippen molar-refractivity contribution in [3.8, 4) is 0 Å². The van der Waals surface area contributed by atoms with Gasteiger partial charge in [0.1, 0.15) is 0 Å². The van der Waals surface area contributed by atoms with Gasteiger partial charge in [-0.15, -0.1) is 0 Å². The summed E-state index contributed by atoms with van der Waals surface area (Å²) in [6, 6.07) is 12.3. The number of hydrogen-bond acceptors (Lipinski definition) is 6. The highest BCUT2D eigenvalue weighted by Crippen LogP contribution is 2.23. The largest absolute Gasteiger partial charge is 0.341 e. The highest BCUT2D eigenvalue weighted by atomic mass is 16.2. The molecule has 2 N–H and O–H groups in total. The first kappa shape index (κ1) is 19.5. The van der Waals surface area contributed by atoms with Crippen LogP contribution in [0.3, 0.4) is 0 Å². The number of rotatable bonds is 5. The number of carbonyl (C=O) groups is 2. The first-order chi connectivity index (χ1) is 14.7. The fraction of sp³-hybridized carbons (Fsp3) is 0.227. The molecule has 0 aliphatic carbocycles. The molecule has 0 radical (unpaired) electrons. The van der Waals surface area contributed by atoms with Crippen LogP contribution in [0.1, 0.15) is 23.2 Å². The van der Waals surface area contributed by atoms with E-state index in [1.807, 2.05) is 6.07 Å². The van der Waals surface area contributed by atoms with Crippen molar-refractivity contribution in [2.75, 3.05) is 28.6 Å². The van der Waals surface area contributed by atoms with Crippen LogP contribution < -0.4 is 15.5 Å². The Morgan fingerprint density at radius 2 is 1.63 bits per heavy atom. The van der Waals surface area contributed by atoms with E-state index in [1.54, 1.807) is 55.0 Å². The van der Waals surface area contributed by atoms with Gasteiger partial charge in [-0.2, -0.15) is 0 Å². The van der Waals surface area contributed by atoms with E-state index in [4.69, 9.17) is 0 Å². The van der Waals surface area contributed by atoms with Crippen LogP contribution in [0.25, 0.3) is 0 Å². The Morgan fingerprint density at radius 3 is 2.33 bits per heavy atom. The molecule has 1 aromatic carbocycles. The van der Waals surface area contributed by atoms with Gasteiger partial charge >= 0.3 is 0 Å². The maximum atomic E-state index is 12.7. The summed E-state index contributed by atoms with van der Waals surface area (Å²) in [5, 5.41) is 5.79. The molecule has 1 saturated heterocycles. The number of piperidine rings is 1. The van der Waals surface area contributed by atoms with Gasteiger partial charge in [-0.25, -0.2) is 9.97 Å². The van der Waals surface area contributed by atoms with Crippen molar-refractivity contribution in [2.45, 2.75) is 12.8 Å². The normalized spacial score (nSPS) is 14.2. The van der Waals surface area contributed by atoms with Gasteiger partial charge in [-0.3, -0.25) is 14.6 Å². The number of pyridine rings is 1. The van der Waals surface area contributed by atoms with Crippen LogP contribution >= 0.6 is 0 Å². The lowest BCUT2D eigenvalue weighted by atomic mass is 9.96. The molecule has 1 aliphatic rings. The highest BCUT2D eigenvalue weighted by molar-refractivity contribution is 6.04. The van der Waals surface area contributed by atoms with Gasteiger partial charge in [0.15, 0.2) is 0 Å². The molecule has 3 heterocycles. The van der Waals surface area contributed by atoms with Crippen molar-refractivity contribution in [3.05, 3.63) is 72.8 Å². The van der Waals surface area contributed by atoms with E-state index in [0.717, 1.165) is 25.9 Å². The van der Waals surface area contributed by atoms with Gasteiger partial charge in [0.2, 0.25) is 11.9 Å². The molecule has 30 heavy (non-hydrogen) atoms. The Bertz CT molecular complexity index is 1000. The van der Waals surface area contributed by atoms with E-state index in [2.05, 4.69) is 30.5 Å². The third-order valence-corrected chi connectivity index (χ3v) is 5.01. The fourth-order valence-corrected chi connectivity index (χ4v) is 3.42. The second kappa shape index (κ2) is 9.13. The minimum absolute atomic E-state index is 0.0145. The molecular formula is C22H22N6O2. The van der Waals surface area contributed by atoms with Gasteiger partial charge < -0.3 is 15.5 Å². The van der Waals surface area contributed by atoms with Crippen molar-refractivity contribution in [1.29, 1.82) is 0 Å². The van der Waals surface area contributed by atoms with Crippen LogP contribution in [0.5, 0.6) is 0 Å². The predicted molar refractivity (Wildman–Crippen MR) is 114 cm³/mol. The van der Waals surface area contributed by atoms with Crippen LogP contribution in [0.15, 0.2) is 67.3 Å². The molecule has 8 heteroatoms. The van der Waals surface area contributed by atoms with Crippen LogP contribution in [-0.2, 0) is 4.79 Å². The van der Waals surface area contributed by atoms with Crippen LogP contribution in [0.4, 0.5) is 17.3 Å². The Morgan fingerprint density at radius 1 is 0.900 bits per heavy atom. The quantitative estimate of drug-likeness (QED) is 0.681. The first-order valence-electron chi connectivity index (χ1n) is 9.83. The van der Waals surface area contributed by atoms with Gasteiger partial charge in [0.25, 0.3) is 5.91 Å². The SMILES string of the molecule is O=C(Nc1cccc(NC(=O)C2CCN(c3ncccn3)CC2)c1)c1cccnc1. The standard InChI is InChI=1S/C22H22N6O2/c29-20(16-7-12-28(13-8-16)22-24-10-3-11-25-22)26-18-5-1-6-19(14-18)27-21(30)17-4-2-9-23-15-17/h1-6,9-11,14-16H,7-8,12-13H2,(H,26,29)(H,27,30). The lowest BCUT2D eigenvalue weighted by Crippen LogP contribution is -2.39. The second-order valence-electron chi connectivity index (χ2n) is 7.08. The lowest BCUT2D eigenvalue weighted by Gasteiger charge is -2.31. The second-order valence-corrected chi connectivity index (χ2v) is 7.08. The van der Waals surface area contributed by atoms with Crippen LogP contribution in [-0.4, -0.2) is 39.9 Å². The van der Waals surface area contributed by atoms with Crippen LogP contribution in [0, 0.1) is 5.92 Å². The Kier molecular flexibility index (Phi) is 5.93. The smallest absolute Gasteiger partial charge is 0.257 e. The van der Waals surface area contributed by atoms with E-state index >= 15 is 0 Å². The molecule has 0 atom stereocenters. The zero-order valence-corrected chi connectivity index (χ0v) is 16.4. The molecule has 0 bridgehead atoms. The highest BCUT2D eigenvalue weighted by Gasteiger charge is 2.26. The third kappa shape index (κ3) is 4.78.